The van der Waals surface area contributed by atoms with Gasteiger partial charge in [-0.05, 0) is 137 Å². The molecular formula is C72H46B2N4S3. The summed E-state index contributed by atoms with van der Waals surface area (Å²) in [4.78, 5) is 15.2. The fourth-order valence-electron chi connectivity index (χ4n) is 13.3. The van der Waals surface area contributed by atoms with Gasteiger partial charge in [-0.1, -0.05) is 198 Å². The van der Waals surface area contributed by atoms with E-state index in [1.807, 2.05) is 34.9 Å². The zero-order chi connectivity index (χ0) is 53.1. The fraction of sp³-hybridized carbons (Fsp3) is 0. The zero-order valence-corrected chi connectivity index (χ0v) is 46.2. The van der Waals surface area contributed by atoms with E-state index in [4.69, 9.17) is 0 Å². The molecule has 17 rings (SSSR count). The van der Waals surface area contributed by atoms with E-state index in [1.54, 1.807) is 0 Å². The lowest BCUT2D eigenvalue weighted by Gasteiger charge is -2.45. The van der Waals surface area contributed by atoms with Crippen molar-refractivity contribution < 1.29 is 0 Å². The molecule has 13 aromatic rings. The fourth-order valence-corrected chi connectivity index (χ4v) is 17.0. The molecule has 0 atom stereocenters. The molecule has 0 N–H and O–H groups in total. The number of thiophene rings is 1. The Morgan fingerprint density at radius 2 is 0.778 bits per heavy atom. The first kappa shape index (κ1) is 46.8. The lowest BCUT2D eigenvalue weighted by atomic mass is 9.31. The van der Waals surface area contributed by atoms with Crippen molar-refractivity contribution in [2.45, 2.75) is 19.6 Å². The minimum absolute atomic E-state index is 0.0256. The number of para-hydroxylation sites is 6. The molecule has 0 spiro atoms. The monoisotopic (exact) mass is 1080 g/mol. The van der Waals surface area contributed by atoms with Crippen LogP contribution in [0.2, 0.25) is 0 Å². The van der Waals surface area contributed by atoms with E-state index in [9.17, 15) is 0 Å². The van der Waals surface area contributed by atoms with Crippen molar-refractivity contribution >= 4 is 169 Å². The highest BCUT2D eigenvalue weighted by atomic mass is 32.2. The molecule has 4 aliphatic rings. The lowest BCUT2D eigenvalue weighted by Crippen LogP contribution is -2.64. The van der Waals surface area contributed by atoms with E-state index in [1.165, 1.54) is 101 Å². The van der Waals surface area contributed by atoms with Gasteiger partial charge in [0.05, 0.1) is 16.1 Å². The van der Waals surface area contributed by atoms with Gasteiger partial charge in [0.25, 0.3) is 6.71 Å². The second-order valence-corrected chi connectivity index (χ2v) is 24.4. The summed E-state index contributed by atoms with van der Waals surface area (Å²) < 4.78 is 2.55. The first-order chi connectivity index (χ1) is 40.2. The number of rotatable bonds is 8. The van der Waals surface area contributed by atoms with E-state index >= 15 is 0 Å². The maximum absolute atomic E-state index is 2.66. The largest absolute Gasteiger partial charge is 0.311 e. The van der Waals surface area contributed by atoms with Gasteiger partial charge in [-0.3, -0.25) is 0 Å². The van der Waals surface area contributed by atoms with Gasteiger partial charge in [-0.2, -0.15) is 0 Å². The van der Waals surface area contributed by atoms with E-state index in [0.717, 1.165) is 39.8 Å². The first-order valence-electron chi connectivity index (χ1n) is 27.6. The maximum atomic E-state index is 2.66. The molecule has 12 aromatic carbocycles. The molecule has 81 heavy (non-hydrogen) atoms. The zero-order valence-electron chi connectivity index (χ0n) is 43.7. The lowest BCUT2D eigenvalue weighted by molar-refractivity contribution is 1.22. The predicted octanol–water partition coefficient (Wildman–Crippen LogP) is 16.5. The molecule has 0 radical (unpaired) electrons. The van der Waals surface area contributed by atoms with Crippen LogP contribution in [0.4, 0.5) is 68.2 Å². The van der Waals surface area contributed by atoms with Crippen LogP contribution in [0.5, 0.6) is 0 Å². The molecule has 0 fully saturated rings. The predicted molar refractivity (Wildman–Crippen MR) is 349 cm³/mol. The van der Waals surface area contributed by atoms with Gasteiger partial charge in [0.2, 0.25) is 6.71 Å². The molecule has 5 heterocycles. The summed E-state index contributed by atoms with van der Waals surface area (Å²) >= 11 is 5.75. The molecule has 4 aliphatic heterocycles. The normalized spacial score (nSPS) is 13.2. The van der Waals surface area contributed by atoms with Gasteiger partial charge in [0.1, 0.15) is 0 Å². The molecule has 9 heteroatoms. The van der Waals surface area contributed by atoms with Gasteiger partial charge < -0.3 is 19.6 Å². The van der Waals surface area contributed by atoms with Crippen LogP contribution < -0.4 is 52.4 Å². The van der Waals surface area contributed by atoms with Gasteiger partial charge in [-0.15, -0.1) is 11.3 Å². The molecular weight excluding hydrogens is 1040 g/mol. The second kappa shape index (κ2) is 18.8. The van der Waals surface area contributed by atoms with Crippen LogP contribution in [-0.4, -0.2) is 13.4 Å². The van der Waals surface area contributed by atoms with Crippen molar-refractivity contribution in [3.63, 3.8) is 0 Å². The van der Waals surface area contributed by atoms with Crippen molar-refractivity contribution in [3.05, 3.63) is 279 Å². The first-order valence-corrected chi connectivity index (χ1v) is 30.1. The summed E-state index contributed by atoms with van der Waals surface area (Å²) in [6.07, 6.45) is 0. The summed E-state index contributed by atoms with van der Waals surface area (Å²) in [5.74, 6) is 0. The van der Waals surface area contributed by atoms with Crippen molar-refractivity contribution in [1.82, 2.24) is 0 Å². The van der Waals surface area contributed by atoms with Crippen LogP contribution in [0, 0.1) is 0 Å². The summed E-state index contributed by atoms with van der Waals surface area (Å²) in [5, 5.41) is 2.55. The SMILES string of the molecule is c1ccc(N(c2ccccc2)c2cc3c4c(c2)Sc2cc5c(cc2B4c2ccccc2S3)B2c3ccccc3N(c3ccccc3)c3cc(N(c4ccccc4)c4ccccc4)cc(c32)N5c2cccc3c2sc2ccccc23)cc1. The molecule has 1 aromatic heterocycles. The highest BCUT2D eigenvalue weighted by Crippen LogP contribution is 2.52. The van der Waals surface area contributed by atoms with Crippen LogP contribution in [0.15, 0.2) is 299 Å². The molecule has 4 nitrogen and oxygen atoms in total. The number of hydrogen-bond donors (Lipinski definition) is 0. The maximum Gasteiger partial charge on any atom is 0.252 e. The minimum Gasteiger partial charge on any atom is -0.311 e. The van der Waals surface area contributed by atoms with Crippen LogP contribution in [0.25, 0.3) is 20.2 Å². The Hall–Kier alpha value is -9.11. The van der Waals surface area contributed by atoms with Gasteiger partial charge in [-0.25, -0.2) is 0 Å². The minimum atomic E-state index is -0.0907. The number of benzene rings is 12. The summed E-state index contributed by atoms with van der Waals surface area (Å²) in [5.41, 5.74) is 21.7. The highest BCUT2D eigenvalue weighted by Gasteiger charge is 2.47. The van der Waals surface area contributed by atoms with E-state index in [2.05, 4.69) is 299 Å². The molecule has 0 saturated heterocycles. The van der Waals surface area contributed by atoms with Gasteiger partial charge in [0, 0.05) is 91.9 Å². The summed E-state index contributed by atoms with van der Waals surface area (Å²) in [6.45, 7) is -0.0651. The van der Waals surface area contributed by atoms with Gasteiger partial charge >= 0.3 is 0 Å². The summed E-state index contributed by atoms with van der Waals surface area (Å²) in [6, 6.07) is 104. The Morgan fingerprint density at radius 1 is 0.284 bits per heavy atom. The smallest absolute Gasteiger partial charge is 0.252 e. The molecule has 378 valence electrons. The van der Waals surface area contributed by atoms with E-state index < -0.39 is 0 Å². The summed E-state index contributed by atoms with van der Waals surface area (Å²) in [7, 11) is 0. The Morgan fingerprint density at radius 3 is 1.43 bits per heavy atom. The quantitative estimate of drug-likeness (QED) is 0.140. The van der Waals surface area contributed by atoms with E-state index in [0.29, 0.717) is 0 Å². The molecule has 0 amide bonds. The van der Waals surface area contributed by atoms with Crippen LogP contribution in [0.1, 0.15) is 0 Å². The Balaban J connectivity index is 0.970. The molecule has 0 unspecified atom stereocenters. The van der Waals surface area contributed by atoms with Crippen LogP contribution in [-0.2, 0) is 0 Å². The topological polar surface area (TPSA) is 13.0 Å². The number of hydrogen-bond acceptors (Lipinski definition) is 7. The average Bonchev–Trinajstić information content (AvgIpc) is 4.12. The third kappa shape index (κ3) is 7.35. The van der Waals surface area contributed by atoms with Gasteiger partial charge in [0.15, 0.2) is 0 Å². The number of nitrogens with zero attached hydrogens (tertiary/aromatic N) is 4. The molecule has 0 aliphatic carbocycles. The average molecular weight is 1090 g/mol. The third-order valence-corrected chi connectivity index (χ3v) is 20.2. The molecule has 0 bridgehead atoms. The van der Waals surface area contributed by atoms with Crippen molar-refractivity contribution in [3.8, 4) is 0 Å². The highest BCUT2D eigenvalue weighted by molar-refractivity contribution is 8.01. The second-order valence-electron chi connectivity index (χ2n) is 21.1. The Kier molecular flexibility index (Phi) is 10.8. The third-order valence-electron chi connectivity index (χ3n) is 16.7. The van der Waals surface area contributed by atoms with Crippen molar-refractivity contribution in [2.24, 2.45) is 0 Å². The Bertz CT molecular complexity index is 4560. The Labute approximate surface area is 484 Å². The van der Waals surface area contributed by atoms with Crippen LogP contribution >= 0.6 is 34.9 Å². The standard InChI is InChI=1S/C72H46B2N4S3/c1-6-23-47(24-7-1)75(48-25-8-2-9-26-48)52-41-63-70-64(42-52)78(61-38-22-34-55-54-33-16-20-39-65(54)81-72(55)61)62-46-67-59(45-58(62)73(70)56-35-17-19-37-60(56)77(63)51-31-14-5-15-32-51)74-57-36-18-21-40-66(57)79-68-43-53(44-69(80-67)71(68)74)76(49-27-10-3-11-28-49)50-29-12-4-13-30-50/h1-46H. The number of fused-ring (bicyclic) bond motifs is 11. The van der Waals surface area contributed by atoms with E-state index in [-0.39, 0.29) is 13.4 Å². The van der Waals surface area contributed by atoms with Crippen molar-refractivity contribution in [2.75, 3.05) is 19.6 Å². The molecule has 0 saturated carbocycles. The van der Waals surface area contributed by atoms with Crippen molar-refractivity contribution in [1.29, 1.82) is 0 Å². The van der Waals surface area contributed by atoms with Crippen LogP contribution in [0.3, 0.4) is 0 Å². The number of anilines is 12.